The molecule has 0 saturated carbocycles. The lowest BCUT2D eigenvalue weighted by atomic mass is 10.4. The van der Waals surface area contributed by atoms with E-state index in [0.29, 0.717) is 26.3 Å². The minimum Gasteiger partial charge on any atom is -0.378 e. The molecular formula is C6H9NO2S. The van der Waals surface area contributed by atoms with E-state index in [1.165, 1.54) is 5.37 Å². The number of hydrogen-bond donors (Lipinski definition) is 0. The predicted molar refractivity (Wildman–Crippen MR) is 41.1 cm³/mol. The molecule has 0 spiro atoms. The molecule has 0 atom stereocenters. The van der Waals surface area contributed by atoms with E-state index in [1.807, 2.05) is 0 Å². The van der Waals surface area contributed by atoms with Crippen molar-refractivity contribution in [2.24, 2.45) is 0 Å². The smallest absolute Gasteiger partial charge is 0.257 e. The molecule has 1 amide bonds. The maximum absolute atomic E-state index is 10.9. The normalized spacial score (nSPS) is 18.6. The highest BCUT2D eigenvalue weighted by Crippen LogP contribution is 1.95. The molecule has 1 rings (SSSR count). The molecule has 1 saturated heterocycles. The van der Waals surface area contributed by atoms with Crippen LogP contribution in [0.3, 0.4) is 0 Å². The first-order valence-electron chi connectivity index (χ1n) is 3.16. The summed E-state index contributed by atoms with van der Waals surface area (Å²) in [6, 6.07) is 0. The molecule has 0 aromatic carbocycles. The van der Waals surface area contributed by atoms with E-state index in [1.54, 1.807) is 4.90 Å². The zero-order valence-electron chi connectivity index (χ0n) is 5.58. The first-order chi connectivity index (χ1) is 4.84. The molecular weight excluding hydrogens is 150 g/mol. The predicted octanol–water partition coefficient (Wildman–Crippen LogP) is -0.155. The van der Waals surface area contributed by atoms with Crippen LogP contribution in [0.4, 0.5) is 0 Å². The van der Waals surface area contributed by atoms with Gasteiger partial charge in [-0.3, -0.25) is 4.79 Å². The molecule has 1 fully saturated rings. The van der Waals surface area contributed by atoms with Crippen molar-refractivity contribution in [2.45, 2.75) is 0 Å². The van der Waals surface area contributed by atoms with Gasteiger partial charge in [0.1, 0.15) is 0 Å². The lowest BCUT2D eigenvalue weighted by Gasteiger charge is -2.25. The van der Waals surface area contributed by atoms with Crippen molar-refractivity contribution in [2.75, 3.05) is 26.3 Å². The molecule has 0 aromatic heterocycles. The van der Waals surface area contributed by atoms with Gasteiger partial charge in [0.05, 0.1) is 18.6 Å². The summed E-state index contributed by atoms with van der Waals surface area (Å²) in [6.45, 7) is 2.61. The second-order valence-electron chi connectivity index (χ2n) is 2.06. The van der Waals surface area contributed by atoms with Gasteiger partial charge in [-0.05, 0) is 0 Å². The average Bonchev–Trinajstić information content (AvgIpc) is 2.05. The fourth-order valence-corrected chi connectivity index (χ4v) is 1.01. The maximum atomic E-state index is 10.9. The standard InChI is InChI=1S/C6H9NO2S/c8-6(5-10)7-1-3-9-4-2-7/h5H,1-4H2. The Morgan fingerprint density at radius 1 is 1.50 bits per heavy atom. The number of amides is 1. The summed E-state index contributed by atoms with van der Waals surface area (Å²) in [5.41, 5.74) is 0. The molecule has 0 bridgehead atoms. The lowest BCUT2D eigenvalue weighted by molar-refractivity contribution is -0.127. The summed E-state index contributed by atoms with van der Waals surface area (Å²) in [7, 11) is 0. The fourth-order valence-electron chi connectivity index (χ4n) is 0.858. The Morgan fingerprint density at radius 3 is 2.60 bits per heavy atom. The van der Waals surface area contributed by atoms with Crippen LogP contribution in [0.2, 0.25) is 0 Å². The van der Waals surface area contributed by atoms with E-state index >= 15 is 0 Å². The largest absolute Gasteiger partial charge is 0.378 e. The summed E-state index contributed by atoms with van der Waals surface area (Å²) in [6.07, 6.45) is 0. The van der Waals surface area contributed by atoms with E-state index < -0.39 is 0 Å². The quantitative estimate of drug-likeness (QED) is 0.498. The summed E-state index contributed by atoms with van der Waals surface area (Å²) in [5.74, 6) is -0.0710. The maximum Gasteiger partial charge on any atom is 0.257 e. The van der Waals surface area contributed by atoms with Crippen molar-refractivity contribution < 1.29 is 9.53 Å². The minimum atomic E-state index is -0.0710. The Bertz CT molecular complexity index is 143. The molecule has 3 nitrogen and oxygen atoms in total. The van der Waals surface area contributed by atoms with Crippen LogP contribution in [0.15, 0.2) is 0 Å². The van der Waals surface area contributed by atoms with Gasteiger partial charge in [-0.15, -0.1) is 0 Å². The zero-order chi connectivity index (χ0) is 7.40. The molecule has 0 aliphatic carbocycles. The number of hydrogen-bond acceptors (Lipinski definition) is 3. The number of carbonyl (C=O) groups excluding carboxylic acids is 1. The Balaban J connectivity index is 2.38. The van der Waals surface area contributed by atoms with Crippen molar-refractivity contribution in [1.29, 1.82) is 0 Å². The lowest BCUT2D eigenvalue weighted by Crippen LogP contribution is -2.40. The highest BCUT2D eigenvalue weighted by molar-refractivity contribution is 7.80. The van der Waals surface area contributed by atoms with Crippen molar-refractivity contribution in [3.8, 4) is 0 Å². The summed E-state index contributed by atoms with van der Waals surface area (Å²) in [4.78, 5) is 12.6. The van der Waals surface area contributed by atoms with Gasteiger partial charge in [0.15, 0.2) is 0 Å². The molecule has 10 heavy (non-hydrogen) atoms. The molecule has 4 heteroatoms. The number of rotatable bonds is 1. The molecule has 0 N–H and O–H groups in total. The SMILES string of the molecule is O=C(C=S)N1CCOCC1. The van der Waals surface area contributed by atoms with Crippen LogP contribution < -0.4 is 0 Å². The van der Waals surface area contributed by atoms with Gasteiger partial charge in [0.2, 0.25) is 0 Å². The Kier molecular flexibility index (Phi) is 2.77. The van der Waals surface area contributed by atoms with Gasteiger partial charge < -0.3 is 9.64 Å². The number of morpholine rings is 1. The minimum absolute atomic E-state index is 0.0710. The highest BCUT2D eigenvalue weighted by Gasteiger charge is 2.13. The van der Waals surface area contributed by atoms with Crippen LogP contribution in [0.5, 0.6) is 0 Å². The first-order valence-corrected chi connectivity index (χ1v) is 3.63. The highest BCUT2D eigenvalue weighted by atomic mass is 32.1. The number of nitrogens with zero attached hydrogens (tertiary/aromatic N) is 1. The van der Waals surface area contributed by atoms with E-state index in [2.05, 4.69) is 12.2 Å². The van der Waals surface area contributed by atoms with Crippen molar-refractivity contribution in [1.82, 2.24) is 4.90 Å². The fraction of sp³-hybridized carbons (Fsp3) is 0.667. The van der Waals surface area contributed by atoms with Crippen LogP contribution in [0, 0.1) is 0 Å². The third-order valence-corrected chi connectivity index (χ3v) is 1.63. The van der Waals surface area contributed by atoms with E-state index in [0.717, 1.165) is 0 Å². The van der Waals surface area contributed by atoms with Crippen LogP contribution >= 0.6 is 12.2 Å². The molecule has 1 aliphatic rings. The Morgan fingerprint density at radius 2 is 2.10 bits per heavy atom. The number of carbonyl (C=O) groups is 1. The van der Waals surface area contributed by atoms with Gasteiger partial charge in [0, 0.05) is 13.1 Å². The van der Waals surface area contributed by atoms with Crippen molar-refractivity contribution in [3.05, 3.63) is 0 Å². The topological polar surface area (TPSA) is 29.5 Å². The summed E-state index contributed by atoms with van der Waals surface area (Å²) >= 11 is 4.50. The van der Waals surface area contributed by atoms with Crippen LogP contribution in [0.1, 0.15) is 0 Å². The van der Waals surface area contributed by atoms with Gasteiger partial charge in [-0.2, -0.15) is 0 Å². The van der Waals surface area contributed by atoms with E-state index in [4.69, 9.17) is 4.74 Å². The molecule has 0 aromatic rings. The Hall–Kier alpha value is -0.480. The van der Waals surface area contributed by atoms with E-state index in [9.17, 15) is 4.79 Å². The Labute approximate surface area is 65.0 Å². The zero-order valence-corrected chi connectivity index (χ0v) is 6.39. The monoisotopic (exact) mass is 159 g/mol. The number of thiocarbonyl (C=S) groups is 1. The second kappa shape index (κ2) is 3.63. The number of ether oxygens (including phenoxy) is 1. The van der Waals surface area contributed by atoms with E-state index in [-0.39, 0.29) is 5.91 Å². The van der Waals surface area contributed by atoms with Gasteiger partial charge in [0.25, 0.3) is 5.91 Å². The van der Waals surface area contributed by atoms with Crippen LogP contribution in [-0.2, 0) is 9.53 Å². The molecule has 56 valence electrons. The summed E-state index contributed by atoms with van der Waals surface area (Å²) < 4.78 is 5.05. The first kappa shape index (κ1) is 7.63. The summed E-state index contributed by atoms with van der Waals surface area (Å²) in [5, 5.41) is 1.17. The van der Waals surface area contributed by atoms with Crippen molar-refractivity contribution >= 4 is 23.5 Å². The van der Waals surface area contributed by atoms with Gasteiger partial charge in [-0.1, -0.05) is 12.2 Å². The van der Waals surface area contributed by atoms with Gasteiger partial charge in [-0.25, -0.2) is 0 Å². The second-order valence-corrected chi connectivity index (χ2v) is 2.29. The van der Waals surface area contributed by atoms with Gasteiger partial charge >= 0.3 is 0 Å². The average molecular weight is 159 g/mol. The van der Waals surface area contributed by atoms with Crippen LogP contribution in [0.25, 0.3) is 0 Å². The third kappa shape index (κ3) is 1.75. The molecule has 1 heterocycles. The molecule has 0 unspecified atom stereocenters. The molecule has 1 aliphatic heterocycles. The van der Waals surface area contributed by atoms with Crippen LogP contribution in [-0.4, -0.2) is 42.5 Å². The third-order valence-electron chi connectivity index (χ3n) is 1.42. The van der Waals surface area contributed by atoms with Crippen molar-refractivity contribution in [3.63, 3.8) is 0 Å². The molecule has 0 radical (unpaired) electrons.